The summed E-state index contributed by atoms with van der Waals surface area (Å²) in [5, 5.41) is 2.50. The molecule has 0 unspecified atom stereocenters. The molecule has 0 aromatic heterocycles. The molecule has 0 aliphatic carbocycles. The van der Waals surface area contributed by atoms with Crippen molar-refractivity contribution >= 4 is 27.6 Å². The van der Waals surface area contributed by atoms with E-state index in [1.807, 2.05) is 0 Å². The smallest absolute Gasteiger partial charge is 0.340 e. The summed E-state index contributed by atoms with van der Waals surface area (Å²) in [6.07, 6.45) is 2.45. The molecule has 1 aromatic carbocycles. The molecule has 0 saturated carbocycles. The molecule has 1 aromatic rings. The summed E-state index contributed by atoms with van der Waals surface area (Å²) in [4.78, 5) is 23.9. The summed E-state index contributed by atoms with van der Waals surface area (Å²) in [6.45, 7) is 5.05. The first kappa shape index (κ1) is 18.7. The van der Waals surface area contributed by atoms with Gasteiger partial charge in [-0.25, -0.2) is 13.2 Å². The lowest BCUT2D eigenvalue weighted by Gasteiger charge is -2.23. The van der Waals surface area contributed by atoms with Crippen LogP contribution in [0.3, 0.4) is 0 Å². The van der Waals surface area contributed by atoms with E-state index in [0.717, 1.165) is 10.6 Å². The fourth-order valence-electron chi connectivity index (χ4n) is 1.83. The highest BCUT2D eigenvalue weighted by atomic mass is 32.2. The maximum atomic E-state index is 12.0. The van der Waals surface area contributed by atoms with E-state index in [-0.39, 0.29) is 24.4 Å². The first-order valence-electron chi connectivity index (χ1n) is 6.92. The lowest BCUT2D eigenvalue weighted by molar-refractivity contribution is -0.119. The molecule has 0 radical (unpaired) electrons. The number of sulfonamides is 1. The second kappa shape index (κ2) is 8.33. The number of carbonyl (C=O) groups is 2. The minimum absolute atomic E-state index is 0.0799. The summed E-state index contributed by atoms with van der Waals surface area (Å²) in [5.41, 5.74) is 0.179. The maximum Gasteiger partial charge on any atom is 0.340 e. The molecule has 1 rings (SSSR count). The standard InChI is InChI=1S/C15H20N2O5S/c1-4-10-16-14(18)11-17(23(3,20)21)13-9-7-6-8-12(13)15(19)22-5-2/h4,6-9H,1,5,10-11H2,2-3H3,(H,16,18). The van der Waals surface area contributed by atoms with E-state index in [9.17, 15) is 18.0 Å². The molecule has 0 spiro atoms. The Bertz CT molecular complexity index is 685. The van der Waals surface area contributed by atoms with Crippen molar-refractivity contribution in [3.63, 3.8) is 0 Å². The van der Waals surface area contributed by atoms with E-state index in [1.54, 1.807) is 19.1 Å². The van der Waals surface area contributed by atoms with Gasteiger partial charge >= 0.3 is 5.97 Å². The van der Waals surface area contributed by atoms with Crippen molar-refractivity contribution in [2.24, 2.45) is 0 Å². The zero-order valence-electron chi connectivity index (χ0n) is 13.1. The summed E-state index contributed by atoms with van der Waals surface area (Å²) in [6, 6.07) is 6.08. The lowest BCUT2D eigenvalue weighted by atomic mass is 10.2. The van der Waals surface area contributed by atoms with Gasteiger partial charge in [-0.15, -0.1) is 6.58 Å². The van der Waals surface area contributed by atoms with E-state index < -0.39 is 28.4 Å². The fraction of sp³-hybridized carbons (Fsp3) is 0.333. The first-order chi connectivity index (χ1) is 10.8. The molecule has 0 aliphatic rings. The molecule has 0 fully saturated rings. The largest absolute Gasteiger partial charge is 0.462 e. The second-order valence-corrected chi connectivity index (χ2v) is 6.51. The van der Waals surface area contributed by atoms with Crippen molar-refractivity contribution in [1.82, 2.24) is 5.32 Å². The lowest BCUT2D eigenvalue weighted by Crippen LogP contribution is -2.41. The summed E-state index contributed by atoms with van der Waals surface area (Å²) in [7, 11) is -3.77. The molecule has 1 amide bonds. The van der Waals surface area contributed by atoms with Crippen molar-refractivity contribution in [2.75, 3.05) is 30.3 Å². The van der Waals surface area contributed by atoms with E-state index >= 15 is 0 Å². The van der Waals surface area contributed by atoms with Gasteiger partial charge in [0.2, 0.25) is 15.9 Å². The first-order valence-corrected chi connectivity index (χ1v) is 8.77. The Morgan fingerprint density at radius 3 is 2.57 bits per heavy atom. The topological polar surface area (TPSA) is 92.8 Å². The van der Waals surface area contributed by atoms with E-state index in [2.05, 4.69) is 11.9 Å². The van der Waals surface area contributed by atoms with Gasteiger partial charge in [-0.2, -0.15) is 0 Å². The SMILES string of the molecule is C=CCNC(=O)CN(c1ccccc1C(=O)OCC)S(C)(=O)=O. The number of ether oxygens (including phenoxy) is 1. The minimum Gasteiger partial charge on any atom is -0.462 e. The van der Waals surface area contributed by atoms with Gasteiger partial charge in [0, 0.05) is 6.54 Å². The third-order valence-electron chi connectivity index (χ3n) is 2.80. The van der Waals surface area contributed by atoms with Gasteiger partial charge in [0.15, 0.2) is 0 Å². The number of esters is 1. The van der Waals surface area contributed by atoms with E-state index in [4.69, 9.17) is 4.74 Å². The van der Waals surface area contributed by atoms with Crippen molar-refractivity contribution in [3.8, 4) is 0 Å². The molecular weight excluding hydrogens is 320 g/mol. The summed E-state index contributed by atoms with van der Waals surface area (Å²) in [5.74, 6) is -1.16. The molecule has 0 atom stereocenters. The highest BCUT2D eigenvalue weighted by molar-refractivity contribution is 7.92. The molecule has 1 N–H and O–H groups in total. The monoisotopic (exact) mass is 340 g/mol. The number of hydrogen-bond acceptors (Lipinski definition) is 5. The molecule has 7 nitrogen and oxygen atoms in total. The van der Waals surface area contributed by atoms with Crippen molar-refractivity contribution in [3.05, 3.63) is 42.5 Å². The number of nitrogens with zero attached hydrogens (tertiary/aromatic N) is 1. The van der Waals surface area contributed by atoms with E-state index in [1.165, 1.54) is 18.2 Å². The van der Waals surface area contributed by atoms with Gasteiger partial charge in [-0.05, 0) is 19.1 Å². The van der Waals surface area contributed by atoms with Crippen LogP contribution in [0.1, 0.15) is 17.3 Å². The number of amides is 1. The Labute approximate surface area is 136 Å². The quantitative estimate of drug-likeness (QED) is 0.561. The number of anilines is 1. The van der Waals surface area contributed by atoms with Crippen LogP contribution in [0.15, 0.2) is 36.9 Å². The average molecular weight is 340 g/mol. The molecule has 8 heteroatoms. The zero-order valence-corrected chi connectivity index (χ0v) is 13.9. The average Bonchev–Trinajstić information content (AvgIpc) is 2.49. The van der Waals surface area contributed by atoms with Gasteiger partial charge < -0.3 is 10.1 Å². The molecular formula is C15H20N2O5S. The third-order valence-corrected chi connectivity index (χ3v) is 3.93. The Morgan fingerprint density at radius 1 is 1.35 bits per heavy atom. The van der Waals surface area contributed by atoms with Gasteiger partial charge in [-0.1, -0.05) is 18.2 Å². The molecule has 0 saturated heterocycles. The molecule has 0 bridgehead atoms. The van der Waals surface area contributed by atoms with Crippen LogP contribution >= 0.6 is 0 Å². The van der Waals surface area contributed by atoms with Gasteiger partial charge in [-0.3, -0.25) is 9.10 Å². The number of benzene rings is 1. The van der Waals surface area contributed by atoms with Crippen LogP contribution in [0, 0.1) is 0 Å². The van der Waals surface area contributed by atoms with Crippen LogP contribution in [-0.4, -0.2) is 46.2 Å². The minimum atomic E-state index is -3.77. The Morgan fingerprint density at radius 2 is 2.00 bits per heavy atom. The summed E-state index contributed by atoms with van der Waals surface area (Å²) >= 11 is 0. The number of nitrogens with one attached hydrogen (secondary N) is 1. The number of rotatable bonds is 8. The van der Waals surface area contributed by atoms with Crippen molar-refractivity contribution < 1.29 is 22.7 Å². The van der Waals surface area contributed by atoms with Crippen LogP contribution in [0.5, 0.6) is 0 Å². The number of carbonyl (C=O) groups excluding carboxylic acids is 2. The predicted octanol–water partition coefficient (Wildman–Crippen LogP) is 0.931. The Hall–Kier alpha value is -2.35. The van der Waals surface area contributed by atoms with Crippen molar-refractivity contribution in [1.29, 1.82) is 0 Å². The van der Waals surface area contributed by atoms with Crippen LogP contribution < -0.4 is 9.62 Å². The van der Waals surface area contributed by atoms with E-state index in [0.29, 0.717) is 0 Å². The molecule has 0 heterocycles. The normalized spacial score (nSPS) is 10.7. The fourth-order valence-corrected chi connectivity index (χ4v) is 2.69. The Balaban J connectivity index is 3.21. The summed E-state index contributed by atoms with van der Waals surface area (Å²) < 4.78 is 29.9. The van der Waals surface area contributed by atoms with Crippen LogP contribution in [0.25, 0.3) is 0 Å². The second-order valence-electron chi connectivity index (χ2n) is 4.60. The van der Waals surface area contributed by atoms with Crippen molar-refractivity contribution in [2.45, 2.75) is 6.92 Å². The number of para-hydroxylation sites is 1. The highest BCUT2D eigenvalue weighted by Crippen LogP contribution is 2.23. The third kappa shape index (κ3) is 5.41. The zero-order chi connectivity index (χ0) is 17.5. The maximum absolute atomic E-state index is 12.0. The molecule has 23 heavy (non-hydrogen) atoms. The number of hydrogen-bond donors (Lipinski definition) is 1. The van der Waals surface area contributed by atoms with Crippen LogP contribution in [0.2, 0.25) is 0 Å². The van der Waals surface area contributed by atoms with Crippen LogP contribution in [0.4, 0.5) is 5.69 Å². The van der Waals surface area contributed by atoms with Crippen LogP contribution in [-0.2, 0) is 19.6 Å². The molecule has 0 aliphatic heterocycles. The van der Waals surface area contributed by atoms with Gasteiger partial charge in [0.25, 0.3) is 0 Å². The van der Waals surface area contributed by atoms with Gasteiger partial charge in [0.1, 0.15) is 6.54 Å². The Kier molecular flexibility index (Phi) is 6.77. The highest BCUT2D eigenvalue weighted by Gasteiger charge is 2.25. The van der Waals surface area contributed by atoms with Gasteiger partial charge in [0.05, 0.1) is 24.1 Å². The molecule has 126 valence electrons. The predicted molar refractivity (Wildman–Crippen MR) is 87.8 cm³/mol.